The van der Waals surface area contributed by atoms with Crippen molar-refractivity contribution in [3.05, 3.63) is 53.5 Å². The first-order valence-corrected chi connectivity index (χ1v) is 5.69. The summed E-state index contributed by atoms with van der Waals surface area (Å²) in [5.41, 5.74) is 6.83. The van der Waals surface area contributed by atoms with Gasteiger partial charge in [-0.05, 0) is 36.8 Å². The highest BCUT2D eigenvalue weighted by molar-refractivity contribution is 5.38. The van der Waals surface area contributed by atoms with Crippen LogP contribution in [0.4, 0.5) is 4.39 Å². The highest BCUT2D eigenvalue weighted by Gasteiger charge is 2.08. The van der Waals surface area contributed by atoms with Crippen molar-refractivity contribution in [1.29, 1.82) is 5.26 Å². The summed E-state index contributed by atoms with van der Waals surface area (Å²) in [6, 6.07) is 9.12. The van der Waals surface area contributed by atoms with Crippen LogP contribution in [0.1, 0.15) is 24.1 Å². The third-order valence-corrected chi connectivity index (χ3v) is 2.56. The van der Waals surface area contributed by atoms with Crippen molar-refractivity contribution < 1.29 is 9.13 Å². The van der Waals surface area contributed by atoms with Gasteiger partial charge in [0, 0.05) is 18.3 Å². The molecule has 2 rings (SSSR count). The van der Waals surface area contributed by atoms with E-state index < -0.39 is 5.82 Å². The van der Waals surface area contributed by atoms with E-state index in [-0.39, 0.29) is 23.2 Å². The van der Waals surface area contributed by atoms with Crippen molar-refractivity contribution in [3.8, 4) is 17.7 Å². The molecule has 0 amide bonds. The predicted molar refractivity (Wildman–Crippen MR) is 68.0 cm³/mol. The lowest BCUT2D eigenvalue weighted by Crippen LogP contribution is -2.05. The summed E-state index contributed by atoms with van der Waals surface area (Å²) >= 11 is 0. The van der Waals surface area contributed by atoms with E-state index in [9.17, 15) is 4.39 Å². The van der Waals surface area contributed by atoms with E-state index >= 15 is 0 Å². The molecule has 0 fully saturated rings. The van der Waals surface area contributed by atoms with Gasteiger partial charge in [-0.25, -0.2) is 9.37 Å². The van der Waals surface area contributed by atoms with Crippen molar-refractivity contribution in [1.82, 2.24) is 4.98 Å². The van der Waals surface area contributed by atoms with E-state index in [0.717, 1.165) is 11.6 Å². The first kappa shape index (κ1) is 13.0. The van der Waals surface area contributed by atoms with Gasteiger partial charge < -0.3 is 10.5 Å². The molecule has 2 aromatic rings. The Morgan fingerprint density at radius 1 is 1.37 bits per heavy atom. The first-order valence-electron chi connectivity index (χ1n) is 5.69. The fourth-order valence-electron chi connectivity index (χ4n) is 1.53. The molecule has 1 heterocycles. The maximum Gasteiger partial charge on any atom is 0.219 e. The van der Waals surface area contributed by atoms with Gasteiger partial charge in [-0.1, -0.05) is 0 Å². The molecule has 1 unspecified atom stereocenters. The number of nitrogens with two attached hydrogens (primary N) is 1. The molecule has 4 nitrogen and oxygen atoms in total. The second-order valence-electron chi connectivity index (χ2n) is 4.08. The molecule has 1 atom stereocenters. The van der Waals surface area contributed by atoms with Crippen LogP contribution in [0.3, 0.4) is 0 Å². The quantitative estimate of drug-likeness (QED) is 0.917. The van der Waals surface area contributed by atoms with Crippen LogP contribution in [0.5, 0.6) is 11.6 Å². The van der Waals surface area contributed by atoms with Crippen LogP contribution in [-0.4, -0.2) is 4.98 Å². The lowest BCUT2D eigenvalue weighted by molar-refractivity contribution is 0.426. The fourth-order valence-corrected chi connectivity index (χ4v) is 1.53. The van der Waals surface area contributed by atoms with E-state index in [2.05, 4.69) is 4.98 Å². The predicted octanol–water partition coefficient (Wildman–Crippen LogP) is 2.90. The van der Waals surface area contributed by atoms with Crippen LogP contribution in [0.15, 0.2) is 36.5 Å². The largest absolute Gasteiger partial charge is 0.436 e. The minimum atomic E-state index is -0.605. The molecule has 1 aromatic carbocycles. The van der Waals surface area contributed by atoms with E-state index in [4.69, 9.17) is 15.7 Å². The number of pyridine rings is 1. The van der Waals surface area contributed by atoms with E-state index in [0.29, 0.717) is 0 Å². The highest BCUT2D eigenvalue weighted by Crippen LogP contribution is 2.25. The summed E-state index contributed by atoms with van der Waals surface area (Å²) in [5.74, 6) is -0.321. The summed E-state index contributed by atoms with van der Waals surface area (Å²) < 4.78 is 19.0. The third-order valence-electron chi connectivity index (χ3n) is 2.56. The molecule has 19 heavy (non-hydrogen) atoms. The van der Waals surface area contributed by atoms with Crippen LogP contribution in [0.25, 0.3) is 0 Å². The van der Waals surface area contributed by atoms with Gasteiger partial charge in [-0.2, -0.15) is 5.26 Å². The normalized spacial score (nSPS) is 11.7. The van der Waals surface area contributed by atoms with Crippen LogP contribution >= 0.6 is 0 Å². The molecule has 0 saturated carbocycles. The Morgan fingerprint density at radius 3 is 2.79 bits per heavy atom. The molecule has 0 spiro atoms. The number of aromatic nitrogens is 1. The van der Waals surface area contributed by atoms with Gasteiger partial charge >= 0.3 is 0 Å². The zero-order valence-electron chi connectivity index (χ0n) is 10.3. The number of nitriles is 1. The summed E-state index contributed by atoms with van der Waals surface area (Å²) in [4.78, 5) is 3.99. The zero-order valence-corrected chi connectivity index (χ0v) is 10.3. The monoisotopic (exact) mass is 257 g/mol. The smallest absolute Gasteiger partial charge is 0.219 e. The first-order chi connectivity index (χ1) is 9.10. The average molecular weight is 257 g/mol. The molecule has 1 aromatic heterocycles. The van der Waals surface area contributed by atoms with E-state index in [1.165, 1.54) is 12.1 Å². The van der Waals surface area contributed by atoms with Crippen molar-refractivity contribution in [2.45, 2.75) is 13.0 Å². The fraction of sp³-hybridized carbons (Fsp3) is 0.143. The second-order valence-corrected chi connectivity index (χ2v) is 4.08. The average Bonchev–Trinajstić information content (AvgIpc) is 2.41. The van der Waals surface area contributed by atoms with Gasteiger partial charge in [0.15, 0.2) is 11.6 Å². The number of hydrogen-bond acceptors (Lipinski definition) is 4. The van der Waals surface area contributed by atoms with E-state index in [1.54, 1.807) is 18.3 Å². The molecule has 0 saturated heterocycles. The van der Waals surface area contributed by atoms with Crippen LogP contribution in [-0.2, 0) is 0 Å². The molecule has 0 aliphatic heterocycles. The lowest BCUT2D eigenvalue weighted by atomic mass is 10.1. The number of ether oxygens (including phenoxy) is 1. The Hall–Kier alpha value is -2.45. The minimum Gasteiger partial charge on any atom is -0.436 e. The zero-order chi connectivity index (χ0) is 13.8. The molecule has 2 N–H and O–H groups in total. The maximum absolute atomic E-state index is 13.7. The second kappa shape index (κ2) is 5.46. The lowest BCUT2D eigenvalue weighted by Gasteiger charge is -2.09. The van der Waals surface area contributed by atoms with Gasteiger partial charge in [-0.15, -0.1) is 0 Å². The van der Waals surface area contributed by atoms with Crippen LogP contribution in [0.2, 0.25) is 0 Å². The third kappa shape index (κ3) is 3.06. The van der Waals surface area contributed by atoms with E-state index in [1.807, 2.05) is 13.0 Å². The minimum absolute atomic E-state index is 0.0216. The summed E-state index contributed by atoms with van der Waals surface area (Å²) in [6.07, 6.45) is 1.55. The number of benzene rings is 1. The Morgan fingerprint density at radius 2 is 2.16 bits per heavy atom. The van der Waals surface area contributed by atoms with Gasteiger partial charge in [0.2, 0.25) is 5.88 Å². The van der Waals surface area contributed by atoms with Crippen molar-refractivity contribution >= 4 is 0 Å². The summed E-state index contributed by atoms with van der Waals surface area (Å²) in [7, 11) is 0. The highest BCUT2D eigenvalue weighted by atomic mass is 19.1. The van der Waals surface area contributed by atoms with Crippen molar-refractivity contribution in [2.24, 2.45) is 5.73 Å². The molecule has 96 valence electrons. The summed E-state index contributed by atoms with van der Waals surface area (Å²) in [5, 5.41) is 8.66. The van der Waals surface area contributed by atoms with Crippen LogP contribution in [0, 0.1) is 17.1 Å². The molecule has 0 bridgehead atoms. The van der Waals surface area contributed by atoms with Gasteiger partial charge in [-0.3, -0.25) is 0 Å². The Kier molecular flexibility index (Phi) is 3.74. The van der Waals surface area contributed by atoms with Gasteiger partial charge in [0.25, 0.3) is 0 Å². The standard InChI is InChI=1S/C14H12FN3O/c1-9(17)11-4-5-18-14(7-11)19-13-3-2-10(8-16)6-12(13)15/h2-7,9H,17H2,1H3. The van der Waals surface area contributed by atoms with Crippen LogP contribution < -0.4 is 10.5 Å². The molecular weight excluding hydrogens is 245 g/mol. The summed E-state index contributed by atoms with van der Waals surface area (Å²) in [6.45, 7) is 1.83. The number of rotatable bonds is 3. The number of hydrogen-bond donors (Lipinski definition) is 1. The maximum atomic E-state index is 13.7. The number of halogens is 1. The van der Waals surface area contributed by atoms with Gasteiger partial charge in [0.1, 0.15) is 0 Å². The van der Waals surface area contributed by atoms with Crippen molar-refractivity contribution in [2.75, 3.05) is 0 Å². The Balaban J connectivity index is 2.26. The molecule has 0 radical (unpaired) electrons. The topological polar surface area (TPSA) is 71.9 Å². The molecule has 0 aliphatic rings. The molecular formula is C14H12FN3O. The SMILES string of the molecule is CC(N)c1ccnc(Oc2ccc(C#N)cc2F)c1. The van der Waals surface area contributed by atoms with Crippen molar-refractivity contribution in [3.63, 3.8) is 0 Å². The Labute approximate surface area is 110 Å². The molecule has 0 aliphatic carbocycles. The Bertz CT molecular complexity index is 635. The molecule has 5 heteroatoms. The van der Waals surface area contributed by atoms with Gasteiger partial charge in [0.05, 0.1) is 11.6 Å². The number of nitrogens with zero attached hydrogens (tertiary/aromatic N) is 2.